The Balaban J connectivity index is 1.57. The van der Waals surface area contributed by atoms with Gasteiger partial charge in [0.2, 0.25) is 5.91 Å². The summed E-state index contributed by atoms with van der Waals surface area (Å²) in [5, 5.41) is 5.59. The monoisotopic (exact) mass is 329 g/mol. The number of anilines is 1. The van der Waals surface area contributed by atoms with Gasteiger partial charge in [-0.15, -0.1) is 11.3 Å². The Kier molecular flexibility index (Phi) is 5.08. The molecule has 2 aromatic rings. The van der Waals surface area contributed by atoms with Crippen LogP contribution < -0.4 is 5.32 Å². The van der Waals surface area contributed by atoms with Crippen LogP contribution in [-0.4, -0.2) is 35.4 Å². The molecular formula is C18H23N3OS. The van der Waals surface area contributed by atoms with Crippen LogP contribution in [0.1, 0.15) is 20.3 Å². The molecule has 1 amide bonds. The Morgan fingerprint density at radius 3 is 2.65 bits per heavy atom. The van der Waals surface area contributed by atoms with E-state index in [1.165, 1.54) is 17.8 Å². The predicted molar refractivity (Wildman–Crippen MR) is 95.6 cm³/mol. The van der Waals surface area contributed by atoms with E-state index in [1.807, 2.05) is 35.7 Å². The van der Waals surface area contributed by atoms with E-state index < -0.39 is 0 Å². The first kappa shape index (κ1) is 16.1. The molecule has 23 heavy (non-hydrogen) atoms. The molecule has 2 unspecified atom stereocenters. The molecule has 1 aliphatic heterocycles. The summed E-state index contributed by atoms with van der Waals surface area (Å²) in [4.78, 5) is 19.0. The first-order valence-corrected chi connectivity index (χ1v) is 9.01. The van der Waals surface area contributed by atoms with Gasteiger partial charge in [-0.05, 0) is 18.3 Å². The molecule has 0 spiro atoms. The summed E-state index contributed by atoms with van der Waals surface area (Å²) in [5.74, 6) is 1.35. The van der Waals surface area contributed by atoms with E-state index in [2.05, 4.69) is 29.0 Å². The van der Waals surface area contributed by atoms with Gasteiger partial charge in [0.15, 0.2) is 5.13 Å². The lowest BCUT2D eigenvalue weighted by atomic mass is 9.92. The van der Waals surface area contributed by atoms with Crippen molar-refractivity contribution in [2.24, 2.45) is 11.8 Å². The first-order valence-electron chi connectivity index (χ1n) is 8.13. The quantitative estimate of drug-likeness (QED) is 0.930. The molecule has 4 nitrogen and oxygen atoms in total. The average Bonchev–Trinajstić information content (AvgIpc) is 2.95. The van der Waals surface area contributed by atoms with Crippen LogP contribution in [0.25, 0.3) is 11.3 Å². The number of likely N-dealkylation sites (tertiary alicyclic amines) is 1. The minimum Gasteiger partial charge on any atom is -0.301 e. The van der Waals surface area contributed by atoms with E-state index in [0.29, 0.717) is 23.5 Å². The second-order valence-electron chi connectivity index (χ2n) is 6.59. The Hall–Kier alpha value is -1.72. The number of nitrogens with zero attached hydrogens (tertiary/aromatic N) is 2. The number of benzene rings is 1. The maximum atomic E-state index is 12.3. The van der Waals surface area contributed by atoms with Crippen molar-refractivity contribution in [2.45, 2.75) is 20.3 Å². The number of hydrogen-bond donors (Lipinski definition) is 1. The van der Waals surface area contributed by atoms with Gasteiger partial charge in [-0.3, -0.25) is 9.69 Å². The van der Waals surface area contributed by atoms with E-state index in [-0.39, 0.29) is 5.91 Å². The highest BCUT2D eigenvalue weighted by atomic mass is 32.1. The predicted octanol–water partition coefficient (Wildman–Crippen LogP) is 3.73. The second-order valence-corrected chi connectivity index (χ2v) is 7.45. The van der Waals surface area contributed by atoms with Crippen LogP contribution in [0, 0.1) is 11.8 Å². The molecule has 2 atom stereocenters. The highest BCUT2D eigenvalue weighted by Crippen LogP contribution is 2.25. The molecule has 1 fully saturated rings. The third kappa shape index (κ3) is 4.39. The maximum absolute atomic E-state index is 12.3. The number of amides is 1. The van der Waals surface area contributed by atoms with E-state index in [4.69, 9.17) is 0 Å². The van der Waals surface area contributed by atoms with E-state index >= 15 is 0 Å². The summed E-state index contributed by atoms with van der Waals surface area (Å²) in [6, 6.07) is 10.0. The molecule has 122 valence electrons. The molecule has 1 saturated heterocycles. The van der Waals surface area contributed by atoms with Gasteiger partial charge in [-0.1, -0.05) is 44.2 Å². The third-order valence-electron chi connectivity index (χ3n) is 4.13. The van der Waals surface area contributed by atoms with Gasteiger partial charge in [0.1, 0.15) is 0 Å². The van der Waals surface area contributed by atoms with Gasteiger partial charge in [0.25, 0.3) is 0 Å². The number of rotatable bonds is 4. The van der Waals surface area contributed by atoms with Crippen LogP contribution in [0.15, 0.2) is 35.7 Å². The van der Waals surface area contributed by atoms with E-state index in [1.54, 1.807) is 0 Å². The fourth-order valence-corrected chi connectivity index (χ4v) is 4.09. The molecule has 1 aliphatic rings. The van der Waals surface area contributed by atoms with Crippen molar-refractivity contribution in [3.8, 4) is 11.3 Å². The van der Waals surface area contributed by atoms with Crippen LogP contribution in [-0.2, 0) is 4.79 Å². The first-order chi connectivity index (χ1) is 11.1. The molecule has 0 bridgehead atoms. The lowest BCUT2D eigenvalue weighted by Crippen LogP contribution is -2.42. The molecule has 2 heterocycles. The molecule has 1 N–H and O–H groups in total. The smallest absolute Gasteiger partial charge is 0.240 e. The fraction of sp³-hybridized carbons (Fsp3) is 0.444. The van der Waals surface area contributed by atoms with Gasteiger partial charge in [-0.25, -0.2) is 4.98 Å². The zero-order valence-electron chi connectivity index (χ0n) is 13.7. The summed E-state index contributed by atoms with van der Waals surface area (Å²) in [6.07, 6.45) is 1.25. The summed E-state index contributed by atoms with van der Waals surface area (Å²) in [5.41, 5.74) is 1.98. The average molecular weight is 329 g/mol. The van der Waals surface area contributed by atoms with Gasteiger partial charge < -0.3 is 5.32 Å². The third-order valence-corrected chi connectivity index (χ3v) is 4.89. The van der Waals surface area contributed by atoms with Gasteiger partial charge in [0, 0.05) is 24.0 Å². The normalized spacial score (nSPS) is 22.0. The summed E-state index contributed by atoms with van der Waals surface area (Å²) >= 11 is 1.47. The van der Waals surface area contributed by atoms with Crippen molar-refractivity contribution < 1.29 is 4.79 Å². The van der Waals surface area contributed by atoms with Gasteiger partial charge in [-0.2, -0.15) is 0 Å². The number of piperidine rings is 1. The van der Waals surface area contributed by atoms with Crippen molar-refractivity contribution in [1.29, 1.82) is 0 Å². The highest BCUT2D eigenvalue weighted by Gasteiger charge is 2.23. The van der Waals surface area contributed by atoms with Crippen LogP contribution in [0.2, 0.25) is 0 Å². The Bertz CT molecular complexity index is 645. The van der Waals surface area contributed by atoms with Crippen molar-refractivity contribution in [1.82, 2.24) is 9.88 Å². The van der Waals surface area contributed by atoms with Crippen LogP contribution >= 0.6 is 11.3 Å². The molecule has 3 rings (SSSR count). The van der Waals surface area contributed by atoms with Crippen LogP contribution in [0.4, 0.5) is 5.13 Å². The lowest BCUT2D eigenvalue weighted by molar-refractivity contribution is -0.117. The minimum absolute atomic E-state index is 0.0280. The summed E-state index contributed by atoms with van der Waals surface area (Å²) in [6.45, 7) is 6.98. The summed E-state index contributed by atoms with van der Waals surface area (Å²) in [7, 11) is 0. The molecule has 5 heteroatoms. The maximum Gasteiger partial charge on any atom is 0.240 e. The molecule has 0 radical (unpaired) electrons. The topological polar surface area (TPSA) is 45.2 Å². The van der Waals surface area contributed by atoms with Gasteiger partial charge in [0.05, 0.1) is 12.2 Å². The number of nitrogens with one attached hydrogen (secondary N) is 1. The number of thiazole rings is 1. The van der Waals surface area contributed by atoms with Crippen molar-refractivity contribution in [3.63, 3.8) is 0 Å². The number of carbonyl (C=O) groups excluding carboxylic acids is 1. The molecular weight excluding hydrogens is 306 g/mol. The highest BCUT2D eigenvalue weighted by molar-refractivity contribution is 7.14. The van der Waals surface area contributed by atoms with Gasteiger partial charge >= 0.3 is 0 Å². The Labute approximate surface area is 141 Å². The second kappa shape index (κ2) is 7.23. The van der Waals surface area contributed by atoms with Crippen LogP contribution in [0.5, 0.6) is 0 Å². The molecule has 0 aliphatic carbocycles. The zero-order valence-corrected chi connectivity index (χ0v) is 14.5. The van der Waals surface area contributed by atoms with E-state index in [9.17, 15) is 4.79 Å². The summed E-state index contributed by atoms with van der Waals surface area (Å²) < 4.78 is 0. The number of aromatic nitrogens is 1. The van der Waals surface area contributed by atoms with Crippen molar-refractivity contribution >= 4 is 22.4 Å². The van der Waals surface area contributed by atoms with Crippen molar-refractivity contribution in [3.05, 3.63) is 35.7 Å². The number of carbonyl (C=O) groups is 1. The van der Waals surface area contributed by atoms with E-state index in [0.717, 1.165) is 24.3 Å². The molecule has 1 aromatic carbocycles. The fourth-order valence-electron chi connectivity index (χ4n) is 3.36. The SMILES string of the molecule is CC1CC(C)CN(CC(=O)Nc2nc(-c3ccccc3)cs2)C1. The Morgan fingerprint density at radius 2 is 1.96 bits per heavy atom. The van der Waals surface area contributed by atoms with Crippen LogP contribution in [0.3, 0.4) is 0 Å². The molecule has 1 aromatic heterocycles. The lowest BCUT2D eigenvalue weighted by Gasteiger charge is -2.34. The number of hydrogen-bond acceptors (Lipinski definition) is 4. The largest absolute Gasteiger partial charge is 0.301 e. The zero-order chi connectivity index (χ0) is 16.2. The minimum atomic E-state index is 0.0280. The standard InChI is InChI=1S/C18H23N3OS/c1-13-8-14(2)10-21(9-13)11-17(22)20-18-19-16(12-23-18)15-6-4-3-5-7-15/h3-7,12-14H,8-11H2,1-2H3,(H,19,20,22). The van der Waals surface area contributed by atoms with Crippen molar-refractivity contribution in [2.75, 3.05) is 25.0 Å². The molecule has 0 saturated carbocycles. The Morgan fingerprint density at radius 1 is 1.26 bits per heavy atom.